The van der Waals surface area contributed by atoms with Crippen LogP contribution in [0.25, 0.3) is 0 Å². The molecule has 0 aliphatic heterocycles. The summed E-state index contributed by atoms with van der Waals surface area (Å²) >= 11 is 0. The monoisotopic (exact) mass is 318 g/mol. The Morgan fingerprint density at radius 3 is 2.39 bits per heavy atom. The van der Waals surface area contributed by atoms with E-state index < -0.39 is 0 Å². The van der Waals surface area contributed by atoms with Crippen molar-refractivity contribution in [1.29, 1.82) is 0 Å². The van der Waals surface area contributed by atoms with Crippen molar-refractivity contribution >= 4 is 23.5 Å². The number of carbonyl (C=O) groups excluding carboxylic acids is 3. The maximum Gasteiger partial charge on any atom is 0.338 e. The van der Waals surface area contributed by atoms with Crippen LogP contribution in [0.3, 0.4) is 0 Å². The first-order valence-electron chi connectivity index (χ1n) is 7.86. The first-order chi connectivity index (χ1) is 11.0. The molecule has 23 heavy (non-hydrogen) atoms. The number of nitrogens with zero attached hydrogens (tertiary/aromatic N) is 1. The van der Waals surface area contributed by atoms with Gasteiger partial charge >= 0.3 is 5.97 Å². The van der Waals surface area contributed by atoms with Gasteiger partial charge in [-0.2, -0.15) is 0 Å². The van der Waals surface area contributed by atoms with E-state index in [2.05, 4.69) is 5.32 Å². The van der Waals surface area contributed by atoms with Crippen molar-refractivity contribution in [2.75, 3.05) is 24.6 Å². The largest absolute Gasteiger partial charge is 0.462 e. The Balaban J connectivity index is 1.95. The molecule has 1 fully saturated rings. The molecule has 1 aromatic rings. The molecule has 0 bridgehead atoms. The molecule has 1 N–H and O–H groups in total. The van der Waals surface area contributed by atoms with Gasteiger partial charge < -0.3 is 15.0 Å². The number of carbonyl (C=O) groups is 3. The van der Waals surface area contributed by atoms with Crippen LogP contribution in [0, 0.1) is 5.92 Å². The lowest BCUT2D eigenvalue weighted by atomic mass is 10.2. The second-order valence-corrected chi connectivity index (χ2v) is 5.50. The predicted molar refractivity (Wildman–Crippen MR) is 86.2 cm³/mol. The Morgan fingerprint density at radius 1 is 1.22 bits per heavy atom. The average Bonchev–Trinajstić information content (AvgIpc) is 3.36. The summed E-state index contributed by atoms with van der Waals surface area (Å²) < 4.78 is 4.93. The van der Waals surface area contributed by atoms with Gasteiger partial charge in [0.1, 0.15) is 0 Å². The Labute approximate surface area is 135 Å². The molecular weight excluding hydrogens is 296 g/mol. The van der Waals surface area contributed by atoms with Gasteiger partial charge in [0, 0.05) is 31.6 Å². The first kappa shape index (κ1) is 17.0. The molecule has 0 spiro atoms. The minimum absolute atomic E-state index is 0.0613. The Kier molecular flexibility index (Phi) is 5.73. The van der Waals surface area contributed by atoms with Gasteiger partial charge in [-0.05, 0) is 44.0 Å². The fraction of sp³-hybridized carbons (Fsp3) is 0.471. The number of anilines is 1. The van der Waals surface area contributed by atoms with Crippen molar-refractivity contribution in [3.05, 3.63) is 29.8 Å². The van der Waals surface area contributed by atoms with Crippen LogP contribution in [0.4, 0.5) is 5.69 Å². The van der Waals surface area contributed by atoms with Gasteiger partial charge in [0.25, 0.3) is 0 Å². The number of amides is 2. The number of hydrogen-bond acceptors (Lipinski definition) is 4. The molecular formula is C17H22N2O4. The molecule has 0 radical (unpaired) electrons. The zero-order valence-electron chi connectivity index (χ0n) is 13.5. The topological polar surface area (TPSA) is 75.7 Å². The number of nitrogens with one attached hydrogen (secondary N) is 1. The standard InChI is InChI=1S/C17H22N2O4/c1-3-23-17(22)14-6-8-15(9-7-14)19(12(2)20)11-10-18-16(21)13-4-5-13/h6-9,13H,3-5,10-11H2,1-2H3,(H,18,21). The molecule has 0 atom stereocenters. The third-order valence-electron chi connectivity index (χ3n) is 3.65. The Bertz CT molecular complexity index is 579. The zero-order valence-corrected chi connectivity index (χ0v) is 13.5. The van der Waals surface area contributed by atoms with Crippen molar-refractivity contribution in [1.82, 2.24) is 5.32 Å². The summed E-state index contributed by atoms with van der Waals surface area (Å²) in [5, 5.41) is 2.84. The number of hydrogen-bond donors (Lipinski definition) is 1. The summed E-state index contributed by atoms with van der Waals surface area (Å²) in [7, 11) is 0. The molecule has 0 aromatic heterocycles. The van der Waals surface area contributed by atoms with Crippen LogP contribution in [-0.4, -0.2) is 37.5 Å². The third-order valence-corrected chi connectivity index (χ3v) is 3.65. The summed E-state index contributed by atoms with van der Waals surface area (Å²) in [6.45, 7) is 4.35. The fourth-order valence-corrected chi connectivity index (χ4v) is 2.24. The molecule has 2 amide bonds. The van der Waals surface area contributed by atoms with Crippen molar-refractivity contribution < 1.29 is 19.1 Å². The van der Waals surface area contributed by atoms with Crippen LogP contribution < -0.4 is 10.2 Å². The smallest absolute Gasteiger partial charge is 0.338 e. The maximum absolute atomic E-state index is 11.8. The summed E-state index contributed by atoms with van der Waals surface area (Å²) in [6.07, 6.45) is 1.91. The molecule has 6 nitrogen and oxygen atoms in total. The number of rotatable bonds is 7. The minimum Gasteiger partial charge on any atom is -0.462 e. The summed E-state index contributed by atoms with van der Waals surface area (Å²) in [5.41, 5.74) is 1.13. The highest BCUT2D eigenvalue weighted by atomic mass is 16.5. The van der Waals surface area contributed by atoms with Crippen molar-refractivity contribution in [3.8, 4) is 0 Å². The maximum atomic E-state index is 11.8. The van der Waals surface area contributed by atoms with Crippen LogP contribution in [0.2, 0.25) is 0 Å². The molecule has 1 aromatic carbocycles. The number of esters is 1. The molecule has 0 heterocycles. The SMILES string of the molecule is CCOC(=O)c1ccc(N(CCNC(=O)C2CC2)C(C)=O)cc1. The lowest BCUT2D eigenvalue weighted by Crippen LogP contribution is -2.38. The van der Waals surface area contributed by atoms with Crippen molar-refractivity contribution in [3.63, 3.8) is 0 Å². The summed E-state index contributed by atoms with van der Waals surface area (Å²) in [4.78, 5) is 36.6. The van der Waals surface area contributed by atoms with Gasteiger partial charge in [-0.3, -0.25) is 9.59 Å². The van der Waals surface area contributed by atoms with E-state index >= 15 is 0 Å². The lowest BCUT2D eigenvalue weighted by Gasteiger charge is -2.21. The Hall–Kier alpha value is -2.37. The first-order valence-corrected chi connectivity index (χ1v) is 7.86. The molecule has 1 saturated carbocycles. The number of benzene rings is 1. The molecule has 1 aliphatic rings. The van der Waals surface area contributed by atoms with E-state index in [1.54, 1.807) is 36.1 Å². The van der Waals surface area contributed by atoms with Gasteiger partial charge in [-0.15, -0.1) is 0 Å². The van der Waals surface area contributed by atoms with Crippen LogP contribution in [0.15, 0.2) is 24.3 Å². The van der Waals surface area contributed by atoms with E-state index in [9.17, 15) is 14.4 Å². The highest BCUT2D eigenvalue weighted by Gasteiger charge is 2.29. The molecule has 6 heteroatoms. The van der Waals surface area contributed by atoms with E-state index in [1.165, 1.54) is 6.92 Å². The van der Waals surface area contributed by atoms with E-state index in [1.807, 2.05) is 0 Å². The van der Waals surface area contributed by atoms with Crippen LogP contribution in [-0.2, 0) is 14.3 Å². The average molecular weight is 318 g/mol. The van der Waals surface area contributed by atoms with Crippen molar-refractivity contribution in [2.45, 2.75) is 26.7 Å². The normalized spacial score (nSPS) is 13.3. The van der Waals surface area contributed by atoms with Gasteiger partial charge in [-0.25, -0.2) is 4.79 Å². The number of ether oxygens (including phenoxy) is 1. The summed E-state index contributed by atoms with van der Waals surface area (Å²) in [6, 6.07) is 6.67. The highest BCUT2D eigenvalue weighted by molar-refractivity contribution is 5.93. The van der Waals surface area contributed by atoms with Gasteiger partial charge in [-0.1, -0.05) is 0 Å². The fourth-order valence-electron chi connectivity index (χ4n) is 2.24. The second kappa shape index (κ2) is 7.76. The molecule has 124 valence electrons. The van der Waals surface area contributed by atoms with E-state index in [4.69, 9.17) is 4.74 Å². The highest BCUT2D eigenvalue weighted by Crippen LogP contribution is 2.28. The van der Waals surface area contributed by atoms with Crippen LogP contribution in [0.1, 0.15) is 37.0 Å². The summed E-state index contributed by atoms with van der Waals surface area (Å²) in [5.74, 6) is -0.282. The van der Waals surface area contributed by atoms with E-state index in [0.29, 0.717) is 30.9 Å². The van der Waals surface area contributed by atoms with Gasteiger partial charge in [0.15, 0.2) is 0 Å². The quantitative estimate of drug-likeness (QED) is 0.777. The minimum atomic E-state index is -0.384. The predicted octanol–water partition coefficient (Wildman–Crippen LogP) is 1.74. The lowest BCUT2D eigenvalue weighted by molar-refractivity contribution is -0.122. The Morgan fingerprint density at radius 2 is 1.87 bits per heavy atom. The zero-order chi connectivity index (χ0) is 16.8. The third kappa shape index (κ3) is 4.81. The molecule has 2 rings (SSSR count). The molecule has 1 aliphatic carbocycles. The second-order valence-electron chi connectivity index (χ2n) is 5.50. The van der Waals surface area contributed by atoms with Crippen molar-refractivity contribution in [2.24, 2.45) is 5.92 Å². The van der Waals surface area contributed by atoms with Gasteiger partial charge in [0.05, 0.1) is 12.2 Å². The van der Waals surface area contributed by atoms with Crippen LogP contribution in [0.5, 0.6) is 0 Å². The van der Waals surface area contributed by atoms with E-state index in [-0.39, 0.29) is 23.7 Å². The van der Waals surface area contributed by atoms with Crippen LogP contribution >= 0.6 is 0 Å². The van der Waals surface area contributed by atoms with Gasteiger partial charge in [0.2, 0.25) is 11.8 Å². The molecule has 0 saturated heterocycles. The van der Waals surface area contributed by atoms with E-state index in [0.717, 1.165) is 12.8 Å². The molecule has 0 unspecified atom stereocenters.